The number of H-pyrrole nitrogens is 1. The van der Waals surface area contributed by atoms with E-state index in [1.807, 2.05) is 59.2 Å². The first-order valence-electron chi connectivity index (χ1n) is 7.82. The first kappa shape index (κ1) is 16.9. The van der Waals surface area contributed by atoms with Crippen molar-refractivity contribution >= 4 is 23.8 Å². The predicted molar refractivity (Wildman–Crippen MR) is 99.1 cm³/mol. The molecule has 2 aromatic carbocycles. The van der Waals surface area contributed by atoms with E-state index in [0.29, 0.717) is 23.6 Å². The number of carbonyl (C=O) groups excluding carboxylic acids is 1. The Morgan fingerprint density at radius 2 is 1.92 bits per heavy atom. The number of aromatic amines is 1. The molecule has 0 aliphatic carbocycles. The smallest absolute Gasteiger partial charge is 0.226 e. The number of ether oxygens (including phenoxy) is 1. The molecule has 0 aliphatic heterocycles. The first-order chi connectivity index (χ1) is 12.2. The number of nitrogens with zero attached hydrogens (tertiary/aromatic N) is 2. The molecule has 1 aromatic heterocycles. The fourth-order valence-electron chi connectivity index (χ4n) is 2.44. The zero-order valence-electron chi connectivity index (χ0n) is 13.7. The van der Waals surface area contributed by atoms with Gasteiger partial charge in [0, 0.05) is 24.2 Å². The number of anilines is 1. The number of methoxy groups -OCH3 is 1. The van der Waals surface area contributed by atoms with E-state index in [1.54, 1.807) is 7.11 Å². The number of nitrogens with one attached hydrogen (secondary N) is 2. The van der Waals surface area contributed by atoms with Gasteiger partial charge in [0.15, 0.2) is 10.6 Å². The quantitative estimate of drug-likeness (QED) is 0.663. The molecule has 2 N–H and O–H groups in total. The zero-order chi connectivity index (χ0) is 17.6. The summed E-state index contributed by atoms with van der Waals surface area (Å²) in [6, 6.07) is 16.9. The Balaban J connectivity index is 1.71. The van der Waals surface area contributed by atoms with Gasteiger partial charge in [-0.2, -0.15) is 5.10 Å². The van der Waals surface area contributed by atoms with Crippen LogP contribution in [0.25, 0.3) is 11.4 Å². The molecule has 0 bridgehead atoms. The van der Waals surface area contributed by atoms with E-state index in [-0.39, 0.29) is 5.91 Å². The minimum atomic E-state index is -0.0741. The van der Waals surface area contributed by atoms with Crippen LogP contribution < -0.4 is 10.1 Å². The molecule has 0 saturated heterocycles. The SMILES string of the molecule is COc1ccc(-c2n[nH]c(=S)n2CCC(=O)Nc2ccccc2)cc1. The van der Waals surface area contributed by atoms with Gasteiger partial charge in [0.05, 0.1) is 7.11 Å². The lowest BCUT2D eigenvalue weighted by atomic mass is 10.2. The van der Waals surface area contributed by atoms with Crippen LogP contribution >= 0.6 is 12.2 Å². The summed E-state index contributed by atoms with van der Waals surface area (Å²) in [6.07, 6.45) is 0.298. The van der Waals surface area contributed by atoms with Crippen molar-refractivity contribution in [1.82, 2.24) is 14.8 Å². The molecule has 128 valence electrons. The third kappa shape index (κ3) is 4.13. The second kappa shape index (κ2) is 7.76. The Hall–Kier alpha value is -2.93. The van der Waals surface area contributed by atoms with Gasteiger partial charge >= 0.3 is 0 Å². The Morgan fingerprint density at radius 3 is 2.60 bits per heavy atom. The van der Waals surface area contributed by atoms with Crippen molar-refractivity contribution in [3.05, 3.63) is 59.4 Å². The van der Waals surface area contributed by atoms with E-state index in [4.69, 9.17) is 17.0 Å². The third-order valence-corrected chi connectivity index (χ3v) is 4.04. The number of amides is 1. The van der Waals surface area contributed by atoms with Crippen molar-refractivity contribution in [2.75, 3.05) is 12.4 Å². The van der Waals surface area contributed by atoms with Crippen LogP contribution in [0.4, 0.5) is 5.69 Å². The van der Waals surface area contributed by atoms with Gasteiger partial charge in [-0.1, -0.05) is 18.2 Å². The summed E-state index contributed by atoms with van der Waals surface area (Å²) in [5.41, 5.74) is 1.68. The summed E-state index contributed by atoms with van der Waals surface area (Å²) < 4.78 is 7.47. The summed E-state index contributed by atoms with van der Waals surface area (Å²) in [5.74, 6) is 1.39. The van der Waals surface area contributed by atoms with Crippen molar-refractivity contribution in [2.24, 2.45) is 0 Å². The van der Waals surface area contributed by atoms with Crippen molar-refractivity contribution in [3.63, 3.8) is 0 Å². The predicted octanol–water partition coefficient (Wildman–Crippen LogP) is 3.65. The van der Waals surface area contributed by atoms with Gasteiger partial charge in [0.2, 0.25) is 5.91 Å². The fraction of sp³-hybridized carbons (Fsp3) is 0.167. The molecule has 1 heterocycles. The maximum Gasteiger partial charge on any atom is 0.226 e. The molecule has 0 unspecified atom stereocenters. The van der Waals surface area contributed by atoms with E-state index in [2.05, 4.69) is 15.5 Å². The lowest BCUT2D eigenvalue weighted by Gasteiger charge is -2.08. The van der Waals surface area contributed by atoms with Crippen LogP contribution in [-0.2, 0) is 11.3 Å². The highest BCUT2D eigenvalue weighted by molar-refractivity contribution is 7.71. The molecule has 3 aromatic rings. The van der Waals surface area contributed by atoms with Gasteiger partial charge in [0.1, 0.15) is 5.75 Å². The van der Waals surface area contributed by atoms with E-state index < -0.39 is 0 Å². The summed E-state index contributed by atoms with van der Waals surface area (Å²) >= 11 is 5.29. The highest BCUT2D eigenvalue weighted by Crippen LogP contribution is 2.21. The van der Waals surface area contributed by atoms with Gasteiger partial charge in [0.25, 0.3) is 0 Å². The number of hydrogen-bond acceptors (Lipinski definition) is 4. The van der Waals surface area contributed by atoms with Crippen LogP contribution in [0.3, 0.4) is 0 Å². The highest BCUT2D eigenvalue weighted by atomic mass is 32.1. The molecule has 1 amide bonds. The molecule has 0 fully saturated rings. The molecule has 7 heteroatoms. The molecule has 0 saturated carbocycles. The number of para-hydroxylation sites is 1. The highest BCUT2D eigenvalue weighted by Gasteiger charge is 2.11. The average Bonchev–Trinajstić information content (AvgIpc) is 3.01. The van der Waals surface area contributed by atoms with Crippen molar-refractivity contribution in [2.45, 2.75) is 13.0 Å². The van der Waals surface area contributed by atoms with Crippen LogP contribution in [-0.4, -0.2) is 27.8 Å². The standard InChI is InChI=1S/C18H18N4O2S/c1-24-15-9-7-13(8-10-15)17-20-21-18(25)22(17)12-11-16(23)19-14-5-3-2-4-6-14/h2-10H,11-12H2,1H3,(H,19,23)(H,21,25). The number of rotatable bonds is 6. The maximum absolute atomic E-state index is 12.1. The maximum atomic E-state index is 12.1. The van der Waals surface area contributed by atoms with E-state index in [1.165, 1.54) is 0 Å². The summed E-state index contributed by atoms with van der Waals surface area (Å²) in [5, 5.41) is 9.93. The lowest BCUT2D eigenvalue weighted by molar-refractivity contribution is -0.116. The summed E-state index contributed by atoms with van der Waals surface area (Å²) in [7, 11) is 1.62. The molecular formula is C18H18N4O2S. The molecular weight excluding hydrogens is 336 g/mol. The Labute approximate surface area is 150 Å². The number of carbonyl (C=O) groups is 1. The van der Waals surface area contributed by atoms with Crippen molar-refractivity contribution < 1.29 is 9.53 Å². The second-order valence-electron chi connectivity index (χ2n) is 5.40. The van der Waals surface area contributed by atoms with Gasteiger partial charge < -0.3 is 10.1 Å². The Morgan fingerprint density at radius 1 is 1.20 bits per heavy atom. The van der Waals surface area contributed by atoms with Crippen molar-refractivity contribution in [1.29, 1.82) is 0 Å². The molecule has 6 nitrogen and oxygen atoms in total. The lowest BCUT2D eigenvalue weighted by Crippen LogP contribution is -2.15. The molecule has 25 heavy (non-hydrogen) atoms. The van der Waals surface area contributed by atoms with Gasteiger partial charge in [-0.15, -0.1) is 0 Å². The molecule has 3 rings (SSSR count). The van der Waals surface area contributed by atoms with Gasteiger partial charge in [-0.3, -0.25) is 14.5 Å². The monoisotopic (exact) mass is 354 g/mol. The van der Waals surface area contributed by atoms with E-state index in [9.17, 15) is 4.79 Å². The summed E-state index contributed by atoms with van der Waals surface area (Å²) in [6.45, 7) is 0.440. The molecule has 0 aliphatic rings. The first-order valence-corrected chi connectivity index (χ1v) is 8.23. The van der Waals surface area contributed by atoms with Crippen LogP contribution in [0, 0.1) is 4.77 Å². The Bertz CT molecular complexity index is 901. The van der Waals surface area contributed by atoms with Gasteiger partial charge in [-0.25, -0.2) is 0 Å². The number of hydrogen-bond donors (Lipinski definition) is 2. The normalized spacial score (nSPS) is 10.4. The van der Waals surface area contributed by atoms with Gasteiger partial charge in [-0.05, 0) is 48.6 Å². The van der Waals surface area contributed by atoms with Crippen LogP contribution in [0.2, 0.25) is 0 Å². The average molecular weight is 354 g/mol. The third-order valence-electron chi connectivity index (χ3n) is 3.73. The number of benzene rings is 2. The van der Waals surface area contributed by atoms with E-state index in [0.717, 1.165) is 17.0 Å². The summed E-state index contributed by atoms with van der Waals surface area (Å²) in [4.78, 5) is 12.1. The minimum absolute atomic E-state index is 0.0741. The fourth-order valence-corrected chi connectivity index (χ4v) is 2.67. The van der Waals surface area contributed by atoms with Crippen molar-refractivity contribution in [3.8, 4) is 17.1 Å². The number of aromatic nitrogens is 3. The zero-order valence-corrected chi connectivity index (χ0v) is 14.5. The molecule has 0 atom stereocenters. The Kier molecular flexibility index (Phi) is 5.25. The van der Waals surface area contributed by atoms with E-state index >= 15 is 0 Å². The largest absolute Gasteiger partial charge is 0.497 e. The molecule has 0 radical (unpaired) electrons. The van der Waals surface area contributed by atoms with Crippen LogP contribution in [0.15, 0.2) is 54.6 Å². The minimum Gasteiger partial charge on any atom is -0.497 e. The second-order valence-corrected chi connectivity index (χ2v) is 5.78. The topological polar surface area (TPSA) is 71.9 Å². The van der Waals surface area contributed by atoms with Crippen LogP contribution in [0.5, 0.6) is 5.75 Å². The molecule has 0 spiro atoms. The van der Waals surface area contributed by atoms with Crippen LogP contribution in [0.1, 0.15) is 6.42 Å².